The Hall–Kier alpha value is -1.08. The summed E-state index contributed by atoms with van der Waals surface area (Å²) >= 11 is 0. The molecule has 1 N–H and O–H groups in total. The molecule has 0 aromatic heterocycles. The maximum absolute atomic E-state index is 8.32. The van der Waals surface area contributed by atoms with E-state index in [0.717, 1.165) is 19.3 Å². The molecule has 0 spiro atoms. The molecule has 0 rings (SSSR count). The van der Waals surface area contributed by atoms with Crippen LogP contribution >= 0.6 is 0 Å². The van der Waals surface area contributed by atoms with Crippen molar-refractivity contribution < 1.29 is 5.11 Å². The van der Waals surface area contributed by atoms with E-state index in [1.54, 1.807) is 18.2 Å². The molecule has 0 bridgehead atoms. The zero-order chi connectivity index (χ0) is 10.4. The number of hydrogen-bond donors (Lipinski definition) is 1. The molecule has 0 amide bonds. The van der Waals surface area contributed by atoms with E-state index in [-0.39, 0.29) is 6.61 Å². The van der Waals surface area contributed by atoms with Crippen molar-refractivity contribution in [3.05, 3.63) is 50.1 Å². The van der Waals surface area contributed by atoms with Gasteiger partial charge in [0, 0.05) is 0 Å². The predicted molar refractivity (Wildman–Crippen MR) is 60.7 cm³/mol. The molecule has 0 atom stereocenters. The highest BCUT2D eigenvalue weighted by Crippen LogP contribution is 1.95. The summed E-state index contributed by atoms with van der Waals surface area (Å²) in [6.45, 7) is 10.5. The molecule has 0 saturated heterocycles. The fraction of sp³-hybridized carbons (Fsp3) is 0.333. The summed E-state index contributed by atoms with van der Waals surface area (Å²) in [4.78, 5) is 0. The fourth-order valence-electron chi connectivity index (χ4n) is 0.572. The van der Waals surface area contributed by atoms with Gasteiger partial charge in [0.1, 0.15) is 0 Å². The zero-order valence-electron chi connectivity index (χ0n) is 8.28. The monoisotopic (exact) mass is 180 g/mol. The van der Waals surface area contributed by atoms with E-state index < -0.39 is 0 Å². The van der Waals surface area contributed by atoms with E-state index in [4.69, 9.17) is 5.11 Å². The summed E-state index contributed by atoms with van der Waals surface area (Å²) in [7, 11) is 0. The first kappa shape index (κ1) is 14.4. The molecule has 0 aromatic rings. The summed E-state index contributed by atoms with van der Waals surface area (Å²) in [6, 6.07) is 0. The van der Waals surface area contributed by atoms with Gasteiger partial charge in [-0.2, -0.15) is 0 Å². The van der Waals surface area contributed by atoms with E-state index in [0.29, 0.717) is 0 Å². The van der Waals surface area contributed by atoms with Crippen LogP contribution in [0.2, 0.25) is 0 Å². The van der Waals surface area contributed by atoms with Gasteiger partial charge in [-0.25, -0.2) is 0 Å². The molecule has 0 aliphatic heterocycles. The van der Waals surface area contributed by atoms with Gasteiger partial charge in [-0.1, -0.05) is 43.5 Å². The first-order chi connectivity index (χ1) is 6.33. The lowest BCUT2D eigenvalue weighted by Crippen LogP contribution is -1.72. The van der Waals surface area contributed by atoms with Gasteiger partial charge < -0.3 is 5.11 Å². The Bertz CT molecular complexity index is 139. The summed E-state index contributed by atoms with van der Waals surface area (Å²) in [5.41, 5.74) is 0. The smallest absolute Gasteiger partial charge is 0.0612 e. The third-order valence-electron chi connectivity index (χ3n) is 1.22. The number of rotatable bonds is 6. The van der Waals surface area contributed by atoms with Crippen molar-refractivity contribution in [2.75, 3.05) is 6.61 Å². The SMILES string of the molecule is C=CC=C.C=CCCC/C=C/CO. The lowest BCUT2D eigenvalue weighted by molar-refractivity contribution is 0.342. The van der Waals surface area contributed by atoms with E-state index in [9.17, 15) is 0 Å². The van der Waals surface area contributed by atoms with Crippen LogP contribution in [0.1, 0.15) is 19.3 Å². The standard InChI is InChI=1S/C8H14O.C4H6/c1-2-3-4-5-6-7-8-9;1-3-4-2/h2,6-7,9H,1,3-5,8H2;3-4H,1-2H2/b7-6+;. The van der Waals surface area contributed by atoms with Crippen LogP contribution in [-0.2, 0) is 0 Å². The van der Waals surface area contributed by atoms with Gasteiger partial charge in [0.15, 0.2) is 0 Å². The molecule has 1 nitrogen and oxygen atoms in total. The van der Waals surface area contributed by atoms with Crippen molar-refractivity contribution in [1.82, 2.24) is 0 Å². The second kappa shape index (κ2) is 17.1. The minimum absolute atomic E-state index is 0.161. The Kier molecular flexibility index (Phi) is 19.0. The normalized spacial score (nSPS) is 8.69. The van der Waals surface area contributed by atoms with E-state index >= 15 is 0 Å². The largest absolute Gasteiger partial charge is 0.392 e. The molecule has 0 heterocycles. The highest BCUT2D eigenvalue weighted by molar-refractivity contribution is 4.88. The van der Waals surface area contributed by atoms with Crippen LogP contribution in [0.4, 0.5) is 0 Å². The van der Waals surface area contributed by atoms with Gasteiger partial charge in [0.25, 0.3) is 0 Å². The molecular formula is C12H20O. The van der Waals surface area contributed by atoms with Crippen LogP contribution in [0.15, 0.2) is 50.1 Å². The van der Waals surface area contributed by atoms with Gasteiger partial charge in [-0.05, 0) is 19.3 Å². The lowest BCUT2D eigenvalue weighted by Gasteiger charge is -1.86. The Morgan fingerprint density at radius 1 is 0.923 bits per heavy atom. The Morgan fingerprint density at radius 3 is 1.92 bits per heavy atom. The molecule has 0 unspecified atom stereocenters. The average molecular weight is 180 g/mol. The molecule has 13 heavy (non-hydrogen) atoms. The zero-order valence-corrected chi connectivity index (χ0v) is 8.28. The van der Waals surface area contributed by atoms with Crippen molar-refractivity contribution in [2.24, 2.45) is 0 Å². The van der Waals surface area contributed by atoms with Gasteiger partial charge in [0.2, 0.25) is 0 Å². The van der Waals surface area contributed by atoms with Crippen LogP contribution in [0.3, 0.4) is 0 Å². The highest BCUT2D eigenvalue weighted by atomic mass is 16.2. The quantitative estimate of drug-likeness (QED) is 0.378. The highest BCUT2D eigenvalue weighted by Gasteiger charge is 1.76. The van der Waals surface area contributed by atoms with Crippen LogP contribution in [-0.4, -0.2) is 11.7 Å². The number of aliphatic hydroxyl groups excluding tert-OH is 1. The summed E-state index contributed by atoms with van der Waals surface area (Å²) in [5, 5.41) is 8.32. The van der Waals surface area contributed by atoms with Crippen molar-refractivity contribution in [3.63, 3.8) is 0 Å². The van der Waals surface area contributed by atoms with Crippen LogP contribution in [0.25, 0.3) is 0 Å². The van der Waals surface area contributed by atoms with E-state index in [1.165, 1.54) is 0 Å². The van der Waals surface area contributed by atoms with Crippen molar-refractivity contribution in [2.45, 2.75) is 19.3 Å². The number of allylic oxidation sites excluding steroid dienone is 4. The van der Waals surface area contributed by atoms with E-state index in [1.807, 2.05) is 12.2 Å². The molecule has 74 valence electrons. The van der Waals surface area contributed by atoms with Gasteiger partial charge in [0.05, 0.1) is 6.61 Å². The Balaban J connectivity index is 0. The molecular weight excluding hydrogens is 160 g/mol. The third-order valence-corrected chi connectivity index (χ3v) is 1.22. The first-order valence-corrected chi connectivity index (χ1v) is 4.43. The average Bonchev–Trinajstić information content (AvgIpc) is 2.18. The van der Waals surface area contributed by atoms with Crippen molar-refractivity contribution in [1.29, 1.82) is 0 Å². The fourth-order valence-corrected chi connectivity index (χ4v) is 0.572. The summed E-state index contributed by atoms with van der Waals surface area (Å²) in [6.07, 6.45) is 12.2. The number of aliphatic hydroxyl groups is 1. The Labute approximate surface area is 81.8 Å². The van der Waals surface area contributed by atoms with Crippen LogP contribution in [0, 0.1) is 0 Å². The number of unbranched alkanes of at least 4 members (excludes halogenated alkanes) is 2. The van der Waals surface area contributed by atoms with Gasteiger partial charge in [-0.15, -0.1) is 6.58 Å². The number of hydrogen-bond acceptors (Lipinski definition) is 1. The van der Waals surface area contributed by atoms with Gasteiger partial charge >= 0.3 is 0 Å². The molecule has 1 heteroatoms. The second-order valence-electron chi connectivity index (χ2n) is 2.34. The topological polar surface area (TPSA) is 20.2 Å². The third kappa shape index (κ3) is 24.8. The minimum Gasteiger partial charge on any atom is -0.392 e. The summed E-state index contributed by atoms with van der Waals surface area (Å²) in [5.74, 6) is 0. The van der Waals surface area contributed by atoms with E-state index in [2.05, 4.69) is 19.7 Å². The first-order valence-electron chi connectivity index (χ1n) is 4.43. The summed E-state index contributed by atoms with van der Waals surface area (Å²) < 4.78 is 0. The predicted octanol–water partition coefficient (Wildman–Crippen LogP) is 3.25. The van der Waals surface area contributed by atoms with Gasteiger partial charge in [-0.3, -0.25) is 0 Å². The Morgan fingerprint density at radius 2 is 1.54 bits per heavy atom. The molecule has 0 aliphatic rings. The van der Waals surface area contributed by atoms with Crippen LogP contribution in [0.5, 0.6) is 0 Å². The molecule has 0 aliphatic carbocycles. The second-order valence-corrected chi connectivity index (χ2v) is 2.34. The van der Waals surface area contributed by atoms with Crippen LogP contribution < -0.4 is 0 Å². The van der Waals surface area contributed by atoms with Crippen molar-refractivity contribution >= 4 is 0 Å². The maximum atomic E-state index is 8.32. The molecule has 0 radical (unpaired) electrons. The molecule has 0 saturated carbocycles. The van der Waals surface area contributed by atoms with Crippen molar-refractivity contribution in [3.8, 4) is 0 Å². The minimum atomic E-state index is 0.161. The maximum Gasteiger partial charge on any atom is 0.0612 e. The molecule has 0 fully saturated rings. The lowest BCUT2D eigenvalue weighted by atomic mass is 10.2. The molecule has 0 aromatic carbocycles.